The molecular formula is C14H24N4. The topological polar surface area (TPSA) is 49.8 Å². The van der Waals surface area contributed by atoms with Gasteiger partial charge in [0.05, 0.1) is 0 Å². The lowest BCUT2D eigenvalue weighted by Crippen LogP contribution is -2.29. The van der Waals surface area contributed by atoms with E-state index in [1.54, 1.807) is 6.33 Å². The molecule has 0 radical (unpaired) electrons. The molecule has 4 heteroatoms. The van der Waals surface area contributed by atoms with Crippen molar-refractivity contribution in [2.45, 2.75) is 46.0 Å². The maximum atomic E-state index is 4.27. The zero-order valence-corrected chi connectivity index (χ0v) is 11.5. The van der Waals surface area contributed by atoms with Crippen LogP contribution in [0.1, 0.15) is 46.0 Å². The van der Waals surface area contributed by atoms with Crippen LogP contribution in [0, 0.1) is 5.41 Å². The molecule has 0 aliphatic heterocycles. The Hall–Kier alpha value is -1.32. The number of anilines is 2. The summed E-state index contributed by atoms with van der Waals surface area (Å²) in [5, 5.41) is 6.67. The summed E-state index contributed by atoms with van der Waals surface area (Å²) < 4.78 is 0. The minimum absolute atomic E-state index is 0.432. The van der Waals surface area contributed by atoms with Gasteiger partial charge < -0.3 is 10.6 Å². The third-order valence-corrected chi connectivity index (χ3v) is 3.78. The van der Waals surface area contributed by atoms with Gasteiger partial charge in [0.2, 0.25) is 0 Å². The summed E-state index contributed by atoms with van der Waals surface area (Å²) in [5.74, 6) is 1.82. The predicted octanol–water partition coefficient (Wildman–Crippen LogP) is 3.29. The lowest BCUT2D eigenvalue weighted by atomic mass is 9.76. The van der Waals surface area contributed by atoms with Gasteiger partial charge in [0.15, 0.2) is 0 Å². The lowest BCUT2D eigenvalue weighted by molar-refractivity contribution is 0.233. The van der Waals surface area contributed by atoms with E-state index in [2.05, 4.69) is 34.4 Å². The average Bonchev–Trinajstić information content (AvgIpc) is 2.38. The van der Waals surface area contributed by atoms with Crippen LogP contribution in [-0.2, 0) is 0 Å². The van der Waals surface area contributed by atoms with Crippen LogP contribution in [0.3, 0.4) is 0 Å². The summed E-state index contributed by atoms with van der Waals surface area (Å²) in [6, 6.07) is 1.98. The highest BCUT2D eigenvalue weighted by Gasteiger charge is 2.26. The molecule has 2 N–H and O–H groups in total. The SMILES string of the molecule is CCNc1cc(NCC2(C)CCCCC2)ncn1. The molecular weight excluding hydrogens is 224 g/mol. The Morgan fingerprint density at radius 1 is 1.11 bits per heavy atom. The van der Waals surface area contributed by atoms with Gasteiger partial charge in [-0.15, -0.1) is 0 Å². The predicted molar refractivity (Wildman–Crippen MR) is 75.9 cm³/mol. The van der Waals surface area contributed by atoms with Crippen LogP contribution in [-0.4, -0.2) is 23.1 Å². The molecule has 1 fully saturated rings. The van der Waals surface area contributed by atoms with Gasteiger partial charge in [-0.1, -0.05) is 26.2 Å². The van der Waals surface area contributed by atoms with E-state index in [-0.39, 0.29) is 0 Å². The van der Waals surface area contributed by atoms with Crippen molar-refractivity contribution in [3.05, 3.63) is 12.4 Å². The maximum Gasteiger partial charge on any atom is 0.131 e. The second-order valence-corrected chi connectivity index (χ2v) is 5.54. The summed E-state index contributed by atoms with van der Waals surface area (Å²) in [6.45, 7) is 6.34. The number of nitrogens with zero attached hydrogens (tertiary/aromatic N) is 2. The van der Waals surface area contributed by atoms with Crippen LogP contribution in [0.5, 0.6) is 0 Å². The Labute approximate surface area is 110 Å². The monoisotopic (exact) mass is 248 g/mol. The van der Waals surface area contributed by atoms with Crippen molar-refractivity contribution >= 4 is 11.6 Å². The van der Waals surface area contributed by atoms with Gasteiger partial charge in [-0.25, -0.2) is 9.97 Å². The largest absolute Gasteiger partial charge is 0.370 e. The zero-order chi connectivity index (χ0) is 12.8. The van der Waals surface area contributed by atoms with Crippen molar-refractivity contribution in [2.24, 2.45) is 5.41 Å². The van der Waals surface area contributed by atoms with Crippen molar-refractivity contribution in [2.75, 3.05) is 23.7 Å². The molecule has 18 heavy (non-hydrogen) atoms. The summed E-state index contributed by atoms with van der Waals surface area (Å²) in [5.41, 5.74) is 0.432. The van der Waals surface area contributed by atoms with Crippen molar-refractivity contribution in [1.82, 2.24) is 9.97 Å². The van der Waals surface area contributed by atoms with Crippen LogP contribution in [0.25, 0.3) is 0 Å². The first-order valence-electron chi connectivity index (χ1n) is 7.02. The highest BCUT2D eigenvalue weighted by Crippen LogP contribution is 2.35. The number of rotatable bonds is 5. The first kappa shape index (κ1) is 13.1. The molecule has 0 saturated heterocycles. The molecule has 0 amide bonds. The second kappa shape index (κ2) is 6.03. The van der Waals surface area contributed by atoms with E-state index in [4.69, 9.17) is 0 Å². The second-order valence-electron chi connectivity index (χ2n) is 5.54. The maximum absolute atomic E-state index is 4.27. The van der Waals surface area contributed by atoms with Crippen LogP contribution < -0.4 is 10.6 Å². The Morgan fingerprint density at radius 2 is 1.78 bits per heavy atom. The number of hydrogen-bond acceptors (Lipinski definition) is 4. The summed E-state index contributed by atoms with van der Waals surface area (Å²) in [6.07, 6.45) is 8.39. The third kappa shape index (κ3) is 3.59. The van der Waals surface area contributed by atoms with Crippen molar-refractivity contribution in [3.63, 3.8) is 0 Å². The van der Waals surface area contributed by atoms with Crippen molar-refractivity contribution in [1.29, 1.82) is 0 Å². The summed E-state index contributed by atoms with van der Waals surface area (Å²) >= 11 is 0. The van der Waals surface area contributed by atoms with Crippen molar-refractivity contribution < 1.29 is 0 Å². The molecule has 0 unspecified atom stereocenters. The van der Waals surface area contributed by atoms with Gasteiger partial charge in [-0.2, -0.15) is 0 Å². The quantitative estimate of drug-likeness (QED) is 0.839. The van der Waals surface area contributed by atoms with Crippen LogP contribution in [0.2, 0.25) is 0 Å². The van der Waals surface area contributed by atoms with E-state index in [1.165, 1.54) is 32.1 Å². The number of hydrogen-bond donors (Lipinski definition) is 2. The molecule has 1 aliphatic carbocycles. The normalized spacial score (nSPS) is 18.3. The van der Waals surface area contributed by atoms with Crippen LogP contribution in [0.4, 0.5) is 11.6 Å². The number of nitrogens with one attached hydrogen (secondary N) is 2. The van der Waals surface area contributed by atoms with E-state index >= 15 is 0 Å². The molecule has 0 atom stereocenters. The standard InChI is InChI=1S/C14H24N4/c1-3-15-12-9-13(18-11-17-12)16-10-14(2)7-5-4-6-8-14/h9,11H,3-8,10H2,1-2H3,(H2,15,16,17,18). The van der Waals surface area contributed by atoms with E-state index < -0.39 is 0 Å². The fourth-order valence-corrected chi connectivity index (χ4v) is 2.62. The molecule has 1 heterocycles. The fraction of sp³-hybridized carbons (Fsp3) is 0.714. The van der Waals surface area contributed by atoms with E-state index in [9.17, 15) is 0 Å². The van der Waals surface area contributed by atoms with Gasteiger partial charge in [-0.3, -0.25) is 0 Å². The van der Waals surface area contributed by atoms with E-state index in [0.717, 1.165) is 24.7 Å². The minimum Gasteiger partial charge on any atom is -0.370 e. The van der Waals surface area contributed by atoms with E-state index in [0.29, 0.717) is 5.41 Å². The molecule has 100 valence electrons. The van der Waals surface area contributed by atoms with Crippen LogP contribution >= 0.6 is 0 Å². The van der Waals surface area contributed by atoms with Gasteiger partial charge >= 0.3 is 0 Å². The first-order chi connectivity index (χ1) is 8.72. The minimum atomic E-state index is 0.432. The van der Waals surface area contributed by atoms with Gasteiger partial charge in [0.1, 0.15) is 18.0 Å². The average molecular weight is 248 g/mol. The lowest BCUT2D eigenvalue weighted by Gasteiger charge is -2.33. The molecule has 1 aromatic rings. The van der Waals surface area contributed by atoms with Gasteiger partial charge in [-0.05, 0) is 25.2 Å². The summed E-state index contributed by atoms with van der Waals surface area (Å²) in [7, 11) is 0. The first-order valence-corrected chi connectivity index (χ1v) is 7.02. The van der Waals surface area contributed by atoms with Crippen molar-refractivity contribution in [3.8, 4) is 0 Å². The molecule has 0 aromatic carbocycles. The highest BCUT2D eigenvalue weighted by atomic mass is 15.1. The summed E-state index contributed by atoms with van der Waals surface area (Å²) in [4.78, 5) is 8.45. The Balaban J connectivity index is 1.90. The molecule has 4 nitrogen and oxygen atoms in total. The Kier molecular flexibility index (Phi) is 4.39. The zero-order valence-electron chi connectivity index (χ0n) is 11.5. The Bertz CT molecular complexity index is 372. The fourth-order valence-electron chi connectivity index (χ4n) is 2.62. The Morgan fingerprint density at radius 3 is 2.44 bits per heavy atom. The van der Waals surface area contributed by atoms with E-state index in [1.807, 2.05) is 6.07 Å². The molecule has 1 aromatic heterocycles. The van der Waals surface area contributed by atoms with Gasteiger partial charge in [0, 0.05) is 19.2 Å². The third-order valence-electron chi connectivity index (χ3n) is 3.78. The highest BCUT2D eigenvalue weighted by molar-refractivity contribution is 5.46. The smallest absolute Gasteiger partial charge is 0.131 e. The molecule has 1 saturated carbocycles. The van der Waals surface area contributed by atoms with Crippen LogP contribution in [0.15, 0.2) is 12.4 Å². The molecule has 1 aliphatic rings. The number of aromatic nitrogens is 2. The van der Waals surface area contributed by atoms with Gasteiger partial charge in [0.25, 0.3) is 0 Å². The molecule has 0 spiro atoms. The molecule has 2 rings (SSSR count). The molecule has 0 bridgehead atoms.